The van der Waals surface area contributed by atoms with Crippen LogP contribution in [0.15, 0.2) is 24.3 Å². The van der Waals surface area contributed by atoms with E-state index in [0.717, 1.165) is 25.9 Å². The molecule has 0 atom stereocenters. The number of amides is 2. The molecule has 4 heteroatoms. The minimum Gasteiger partial charge on any atom is -0.317 e. The van der Waals surface area contributed by atoms with Crippen molar-refractivity contribution in [3.63, 3.8) is 0 Å². The number of carbonyl (C=O) groups excluding carboxylic acids is 2. The monoisotopic (exact) mass is 245 g/mol. The van der Waals surface area contributed by atoms with Crippen molar-refractivity contribution in [1.82, 2.24) is 10.2 Å². The molecule has 1 aliphatic heterocycles. The summed E-state index contributed by atoms with van der Waals surface area (Å²) in [6.07, 6.45) is 1.61. The summed E-state index contributed by atoms with van der Waals surface area (Å²) in [5.41, 5.74) is 1.04. The fraction of sp³-hybridized carbons (Fsp3) is 0.357. The number of imide groups is 1. The van der Waals surface area contributed by atoms with Crippen LogP contribution in [-0.4, -0.2) is 36.3 Å². The summed E-state index contributed by atoms with van der Waals surface area (Å²) < 4.78 is 0. The van der Waals surface area contributed by atoms with Crippen LogP contribution in [0.5, 0.6) is 0 Å². The van der Waals surface area contributed by atoms with Gasteiger partial charge < -0.3 is 5.32 Å². The summed E-state index contributed by atoms with van der Waals surface area (Å²) in [6, 6.07) is 6.97. The third-order valence-corrected chi connectivity index (χ3v) is 2.97. The minimum atomic E-state index is -0.173. The molecule has 0 saturated heterocycles. The van der Waals surface area contributed by atoms with Gasteiger partial charge in [-0.25, -0.2) is 0 Å². The first-order valence-corrected chi connectivity index (χ1v) is 6.21. The Morgan fingerprint density at radius 1 is 1.06 bits per heavy atom. The van der Waals surface area contributed by atoms with E-state index in [4.69, 9.17) is 0 Å². The highest BCUT2D eigenvalue weighted by Crippen LogP contribution is 2.22. The van der Waals surface area contributed by atoms with Crippen LogP contribution in [0.4, 0.5) is 0 Å². The highest BCUT2D eigenvalue weighted by Gasteiger charge is 2.34. The molecule has 0 fully saturated rings. The number of nitrogens with zero attached hydrogens (tertiary/aromatic N) is 1. The van der Waals surface area contributed by atoms with Gasteiger partial charge in [-0.2, -0.15) is 0 Å². The van der Waals surface area contributed by atoms with E-state index < -0.39 is 0 Å². The predicted octanol–water partition coefficient (Wildman–Crippen LogP) is 1.49. The van der Waals surface area contributed by atoms with E-state index in [0.29, 0.717) is 17.7 Å². The van der Waals surface area contributed by atoms with Crippen molar-refractivity contribution in [2.45, 2.75) is 12.8 Å². The molecule has 0 aromatic heterocycles. The van der Waals surface area contributed by atoms with Gasteiger partial charge >= 0.3 is 0 Å². The topological polar surface area (TPSA) is 49.4 Å². The summed E-state index contributed by atoms with van der Waals surface area (Å²) in [7, 11) is 0. The molecule has 0 saturated carbocycles. The third-order valence-electron chi connectivity index (χ3n) is 2.97. The molecule has 1 heterocycles. The number of fused-ring (bicyclic) bond motifs is 1. The lowest BCUT2D eigenvalue weighted by Crippen LogP contribution is -2.32. The highest BCUT2D eigenvalue weighted by atomic mass is 16.2. The average molecular weight is 245 g/mol. The first-order valence-electron chi connectivity index (χ1n) is 6.21. The van der Waals surface area contributed by atoms with Gasteiger partial charge in [-0.05, 0) is 38.1 Å². The molecule has 0 bridgehead atoms. The fourth-order valence-corrected chi connectivity index (χ4v) is 2.05. The second-order valence-corrected chi connectivity index (χ2v) is 4.26. The molecule has 0 aliphatic carbocycles. The van der Waals surface area contributed by atoms with Gasteiger partial charge in [-0.1, -0.05) is 19.1 Å². The maximum atomic E-state index is 12.0. The summed E-state index contributed by atoms with van der Waals surface area (Å²) >= 11 is 0. The van der Waals surface area contributed by atoms with Crippen LogP contribution >= 0.6 is 0 Å². The molecule has 1 aliphatic rings. The number of benzene rings is 1. The van der Waals surface area contributed by atoms with Crippen LogP contribution in [0, 0.1) is 6.92 Å². The number of nitrogens with one attached hydrogen (secondary N) is 1. The maximum absolute atomic E-state index is 12.0. The highest BCUT2D eigenvalue weighted by molar-refractivity contribution is 6.21. The van der Waals surface area contributed by atoms with Crippen LogP contribution in [0.1, 0.15) is 33.6 Å². The quantitative estimate of drug-likeness (QED) is 0.610. The molecule has 1 aromatic carbocycles. The first-order chi connectivity index (χ1) is 8.75. The summed E-state index contributed by atoms with van der Waals surface area (Å²) in [4.78, 5) is 25.3. The van der Waals surface area contributed by atoms with E-state index in [1.807, 2.05) is 0 Å². The largest absolute Gasteiger partial charge is 0.317 e. The van der Waals surface area contributed by atoms with Gasteiger partial charge in [-0.3, -0.25) is 14.5 Å². The molecule has 0 unspecified atom stereocenters. The van der Waals surface area contributed by atoms with Gasteiger partial charge in [0.15, 0.2) is 0 Å². The maximum Gasteiger partial charge on any atom is 0.261 e. The molecule has 2 rings (SSSR count). The zero-order valence-corrected chi connectivity index (χ0v) is 10.3. The number of hydrogen-bond acceptors (Lipinski definition) is 3. The predicted molar refractivity (Wildman–Crippen MR) is 69.3 cm³/mol. The fourth-order valence-electron chi connectivity index (χ4n) is 2.05. The summed E-state index contributed by atoms with van der Waals surface area (Å²) in [6.45, 7) is 5.86. The van der Waals surface area contributed by atoms with E-state index in [2.05, 4.69) is 12.2 Å². The zero-order valence-electron chi connectivity index (χ0n) is 10.3. The minimum absolute atomic E-state index is 0.173. The lowest BCUT2D eigenvalue weighted by molar-refractivity contribution is 0.0652. The summed E-state index contributed by atoms with van der Waals surface area (Å²) in [5, 5.41) is 3.20. The average Bonchev–Trinajstić information content (AvgIpc) is 2.64. The van der Waals surface area contributed by atoms with Gasteiger partial charge in [0.05, 0.1) is 11.1 Å². The van der Waals surface area contributed by atoms with Crippen molar-refractivity contribution in [2.75, 3.05) is 19.6 Å². The molecule has 1 N–H and O–H groups in total. The molecule has 2 amide bonds. The first kappa shape index (κ1) is 12.8. The molecular weight excluding hydrogens is 228 g/mol. The molecule has 1 aromatic rings. The van der Waals surface area contributed by atoms with Gasteiger partial charge in [0, 0.05) is 6.54 Å². The van der Waals surface area contributed by atoms with Gasteiger partial charge in [-0.15, -0.1) is 0 Å². The standard InChI is InChI=1S/C14H17N2O2/c1-2-8-15-9-5-10-16-13(17)11-6-3-4-7-12(11)14(16)18/h3-4,6-7,15H,1-2,5,8-10H2. The Bertz CT molecular complexity index is 422. The van der Waals surface area contributed by atoms with Crippen molar-refractivity contribution >= 4 is 11.8 Å². The smallest absolute Gasteiger partial charge is 0.261 e. The normalized spacial score (nSPS) is 14.2. The van der Waals surface area contributed by atoms with Gasteiger partial charge in [0.2, 0.25) is 0 Å². The number of hydrogen-bond donors (Lipinski definition) is 1. The van der Waals surface area contributed by atoms with Crippen LogP contribution in [0.25, 0.3) is 0 Å². The lowest BCUT2D eigenvalue weighted by atomic mass is 10.1. The van der Waals surface area contributed by atoms with E-state index in [9.17, 15) is 9.59 Å². The Kier molecular flexibility index (Phi) is 4.10. The van der Waals surface area contributed by atoms with Crippen molar-refractivity contribution in [3.05, 3.63) is 42.3 Å². The molecule has 1 radical (unpaired) electrons. The molecule has 4 nitrogen and oxygen atoms in total. The zero-order chi connectivity index (χ0) is 13.0. The second-order valence-electron chi connectivity index (χ2n) is 4.26. The Morgan fingerprint density at radius 2 is 1.67 bits per heavy atom. The Hall–Kier alpha value is -1.68. The van der Waals surface area contributed by atoms with Crippen LogP contribution < -0.4 is 5.32 Å². The van der Waals surface area contributed by atoms with Crippen molar-refractivity contribution in [1.29, 1.82) is 0 Å². The van der Waals surface area contributed by atoms with Crippen molar-refractivity contribution in [3.8, 4) is 0 Å². The molecule has 18 heavy (non-hydrogen) atoms. The third kappa shape index (κ3) is 2.43. The molecular formula is C14H17N2O2. The van der Waals surface area contributed by atoms with Crippen LogP contribution in [0.2, 0.25) is 0 Å². The Balaban J connectivity index is 1.93. The molecule has 0 spiro atoms. The van der Waals surface area contributed by atoms with E-state index in [1.165, 1.54) is 4.90 Å². The second kappa shape index (κ2) is 5.78. The SMILES string of the molecule is [CH2]CCNCCCN1C(=O)c2ccccc2C1=O. The van der Waals surface area contributed by atoms with E-state index >= 15 is 0 Å². The Morgan fingerprint density at radius 3 is 2.22 bits per heavy atom. The van der Waals surface area contributed by atoms with Crippen LogP contribution in [0.3, 0.4) is 0 Å². The van der Waals surface area contributed by atoms with Gasteiger partial charge in [0.1, 0.15) is 0 Å². The molecule has 95 valence electrons. The summed E-state index contributed by atoms with van der Waals surface area (Å²) in [5.74, 6) is -0.347. The number of rotatable bonds is 6. The lowest BCUT2D eigenvalue weighted by Gasteiger charge is -2.13. The Labute approximate surface area is 107 Å². The van der Waals surface area contributed by atoms with E-state index in [-0.39, 0.29) is 11.8 Å². The van der Waals surface area contributed by atoms with Gasteiger partial charge in [0.25, 0.3) is 11.8 Å². The van der Waals surface area contributed by atoms with Crippen molar-refractivity contribution < 1.29 is 9.59 Å². The van der Waals surface area contributed by atoms with Crippen LogP contribution in [-0.2, 0) is 0 Å². The number of carbonyl (C=O) groups is 2. The van der Waals surface area contributed by atoms with Crippen molar-refractivity contribution in [2.24, 2.45) is 0 Å². The van der Waals surface area contributed by atoms with E-state index in [1.54, 1.807) is 24.3 Å².